The molecule has 0 bridgehead atoms. The van der Waals surface area contributed by atoms with Crippen LogP contribution in [-0.4, -0.2) is 47.5 Å². The number of anilines is 1. The average molecular weight is 639 g/mol. The molecule has 2 amide bonds. The first-order valence-corrected chi connectivity index (χ1v) is 13.3. The third kappa shape index (κ3) is 7.77. The first kappa shape index (κ1) is 30.0. The molecule has 2 aromatic carbocycles. The smallest absolute Gasteiger partial charge is 0.412 e. The number of alkyl halides is 3. The van der Waals surface area contributed by atoms with Crippen LogP contribution in [0.15, 0.2) is 40.9 Å². The number of nitrogens with zero attached hydrogens (tertiary/aromatic N) is 1. The number of aromatic hydroxyl groups is 1. The van der Waals surface area contributed by atoms with Gasteiger partial charge in [-0.15, -0.1) is 0 Å². The second kappa shape index (κ2) is 12.6. The lowest BCUT2D eigenvalue weighted by Gasteiger charge is -2.35. The Hall–Kier alpha value is -2.50. The van der Waals surface area contributed by atoms with Crippen molar-refractivity contribution in [2.45, 2.75) is 56.9 Å². The van der Waals surface area contributed by atoms with Crippen LogP contribution in [0.3, 0.4) is 0 Å². The molecule has 0 aliphatic heterocycles. The maximum atomic E-state index is 14.5. The van der Waals surface area contributed by atoms with Gasteiger partial charge in [0, 0.05) is 29.2 Å². The van der Waals surface area contributed by atoms with E-state index in [9.17, 15) is 32.7 Å². The van der Waals surface area contributed by atoms with Crippen LogP contribution in [0.2, 0.25) is 10.0 Å². The van der Waals surface area contributed by atoms with E-state index in [4.69, 9.17) is 23.2 Å². The summed E-state index contributed by atoms with van der Waals surface area (Å²) in [6.45, 7) is 1.15. The lowest BCUT2D eigenvalue weighted by Crippen LogP contribution is -2.48. The number of halogens is 6. The Labute approximate surface area is 235 Å². The van der Waals surface area contributed by atoms with Crippen molar-refractivity contribution in [2.75, 3.05) is 11.4 Å². The van der Waals surface area contributed by atoms with Crippen molar-refractivity contribution in [3.8, 4) is 5.75 Å². The molecule has 38 heavy (non-hydrogen) atoms. The topological polar surface area (TPSA) is 98.7 Å². The summed E-state index contributed by atoms with van der Waals surface area (Å²) in [5.74, 6) is -2.83. The standard InChI is InChI=1S/C25H25BrCl2F3N3O4/c1-2-19(22(37)24(38)32-15-7-8-15)33-20(35)9-10-34(16-11-17(27)21(36)18(28)12-16)23(25(29,30)31)13-3-5-14(26)6-4-13/h3-6,11-12,15,19,23,36H,2,7-10H2,1H3,(H,32,38)(H,33,35)/t19-,23-/m0/s1. The molecule has 0 heterocycles. The molecule has 0 saturated heterocycles. The molecular weight excluding hydrogens is 614 g/mol. The summed E-state index contributed by atoms with van der Waals surface area (Å²) >= 11 is 15.2. The Kier molecular flexibility index (Phi) is 9.94. The number of Topliss-reactive ketones (excluding diaryl/α,β-unsaturated/α-hetero) is 1. The zero-order valence-electron chi connectivity index (χ0n) is 20.1. The highest BCUT2D eigenvalue weighted by Crippen LogP contribution is 2.44. The van der Waals surface area contributed by atoms with Crippen LogP contribution in [-0.2, 0) is 14.4 Å². The van der Waals surface area contributed by atoms with Gasteiger partial charge in [-0.3, -0.25) is 14.4 Å². The number of hydrogen-bond acceptors (Lipinski definition) is 5. The number of carbonyl (C=O) groups is 3. The summed E-state index contributed by atoms with van der Waals surface area (Å²) in [4.78, 5) is 38.2. The Balaban J connectivity index is 1.87. The second-order valence-electron chi connectivity index (χ2n) is 8.84. The number of amides is 2. The molecule has 0 radical (unpaired) electrons. The maximum absolute atomic E-state index is 14.5. The molecule has 3 rings (SSSR count). The molecule has 1 aliphatic rings. The highest BCUT2D eigenvalue weighted by Gasteiger charge is 2.45. The quantitative estimate of drug-likeness (QED) is 0.274. The van der Waals surface area contributed by atoms with Crippen LogP contribution in [0.1, 0.15) is 44.2 Å². The van der Waals surface area contributed by atoms with Gasteiger partial charge < -0.3 is 20.6 Å². The molecule has 0 aromatic heterocycles. The normalized spacial score (nSPS) is 14.9. The largest absolute Gasteiger partial charge is 0.505 e. The van der Waals surface area contributed by atoms with Crippen LogP contribution in [0.5, 0.6) is 5.75 Å². The van der Waals surface area contributed by atoms with Gasteiger partial charge in [-0.2, -0.15) is 13.2 Å². The van der Waals surface area contributed by atoms with Crippen molar-refractivity contribution in [3.63, 3.8) is 0 Å². The van der Waals surface area contributed by atoms with Crippen LogP contribution in [0.4, 0.5) is 18.9 Å². The van der Waals surface area contributed by atoms with Gasteiger partial charge in [-0.25, -0.2) is 0 Å². The van der Waals surface area contributed by atoms with E-state index in [-0.39, 0.29) is 33.8 Å². The van der Waals surface area contributed by atoms with Gasteiger partial charge in [0.2, 0.25) is 11.7 Å². The second-order valence-corrected chi connectivity index (χ2v) is 10.6. The monoisotopic (exact) mass is 637 g/mol. The summed E-state index contributed by atoms with van der Waals surface area (Å²) in [7, 11) is 0. The van der Waals surface area contributed by atoms with Crippen LogP contribution >= 0.6 is 39.1 Å². The highest BCUT2D eigenvalue weighted by atomic mass is 79.9. The average Bonchev–Trinajstić information content (AvgIpc) is 3.66. The number of carbonyl (C=O) groups excluding carboxylic acids is 3. The summed E-state index contributed by atoms with van der Waals surface area (Å²) in [5.41, 5.74) is -0.192. The lowest BCUT2D eigenvalue weighted by molar-refractivity contribution is -0.151. The van der Waals surface area contributed by atoms with E-state index in [0.29, 0.717) is 4.47 Å². The Morgan fingerprint density at radius 2 is 1.71 bits per heavy atom. The number of nitrogens with one attached hydrogen (secondary N) is 2. The van der Waals surface area contributed by atoms with E-state index < -0.39 is 54.6 Å². The van der Waals surface area contributed by atoms with E-state index in [1.807, 2.05) is 0 Å². The van der Waals surface area contributed by atoms with E-state index in [1.165, 1.54) is 24.3 Å². The minimum Gasteiger partial charge on any atom is -0.505 e. The number of benzene rings is 2. The van der Waals surface area contributed by atoms with Gasteiger partial charge in [-0.05, 0) is 49.1 Å². The minimum atomic E-state index is -4.79. The predicted molar refractivity (Wildman–Crippen MR) is 141 cm³/mol. The Morgan fingerprint density at radius 3 is 2.21 bits per heavy atom. The fraction of sp³-hybridized carbons (Fsp3) is 0.400. The molecule has 0 spiro atoms. The third-order valence-electron chi connectivity index (χ3n) is 5.92. The summed E-state index contributed by atoms with van der Waals surface area (Å²) in [6.07, 6.45) is -3.55. The van der Waals surface area contributed by atoms with E-state index in [2.05, 4.69) is 26.6 Å². The number of ketones is 1. The van der Waals surface area contributed by atoms with Crippen LogP contribution in [0.25, 0.3) is 0 Å². The first-order valence-electron chi connectivity index (χ1n) is 11.7. The minimum absolute atomic E-state index is 0.0462. The molecule has 0 unspecified atom stereocenters. The maximum Gasteiger partial charge on any atom is 0.412 e. The fourth-order valence-electron chi connectivity index (χ4n) is 3.80. The van der Waals surface area contributed by atoms with Crippen molar-refractivity contribution in [3.05, 3.63) is 56.5 Å². The summed E-state index contributed by atoms with van der Waals surface area (Å²) in [6, 6.07) is 4.39. The van der Waals surface area contributed by atoms with Gasteiger partial charge in [-0.1, -0.05) is 58.2 Å². The van der Waals surface area contributed by atoms with Crippen LogP contribution in [0, 0.1) is 0 Å². The first-order chi connectivity index (χ1) is 17.8. The molecular formula is C25H25BrCl2F3N3O4. The zero-order valence-corrected chi connectivity index (χ0v) is 23.2. The Morgan fingerprint density at radius 1 is 1.13 bits per heavy atom. The van der Waals surface area contributed by atoms with E-state index >= 15 is 0 Å². The zero-order chi connectivity index (χ0) is 28.2. The molecule has 7 nitrogen and oxygen atoms in total. The molecule has 1 saturated carbocycles. The number of phenolic OH excluding ortho intramolecular Hbond substituents is 1. The van der Waals surface area contributed by atoms with Gasteiger partial charge in [0.05, 0.1) is 16.1 Å². The van der Waals surface area contributed by atoms with Gasteiger partial charge in [0.15, 0.2) is 11.8 Å². The van der Waals surface area contributed by atoms with Crippen molar-refractivity contribution in [1.29, 1.82) is 0 Å². The molecule has 13 heteroatoms. The Bertz CT molecular complexity index is 1170. The van der Waals surface area contributed by atoms with Crippen molar-refractivity contribution in [2.24, 2.45) is 0 Å². The molecule has 2 atom stereocenters. The molecule has 1 fully saturated rings. The van der Waals surface area contributed by atoms with Crippen molar-refractivity contribution < 1.29 is 32.7 Å². The van der Waals surface area contributed by atoms with E-state index in [0.717, 1.165) is 29.9 Å². The molecule has 206 valence electrons. The number of phenols is 1. The van der Waals surface area contributed by atoms with Gasteiger partial charge >= 0.3 is 6.18 Å². The summed E-state index contributed by atoms with van der Waals surface area (Å²) in [5, 5.41) is 14.4. The van der Waals surface area contributed by atoms with Gasteiger partial charge in [0.1, 0.15) is 0 Å². The summed E-state index contributed by atoms with van der Waals surface area (Å²) < 4.78 is 43.9. The molecule has 3 N–H and O–H groups in total. The van der Waals surface area contributed by atoms with Crippen LogP contribution < -0.4 is 15.5 Å². The SMILES string of the molecule is CC[C@H](NC(=O)CCN(c1cc(Cl)c(O)c(Cl)c1)[C@@H](c1ccc(Br)cc1)C(F)(F)F)C(=O)C(=O)NC1CC1. The van der Waals surface area contributed by atoms with E-state index in [1.54, 1.807) is 6.92 Å². The van der Waals surface area contributed by atoms with Crippen molar-refractivity contribution in [1.82, 2.24) is 10.6 Å². The third-order valence-corrected chi connectivity index (χ3v) is 7.02. The highest BCUT2D eigenvalue weighted by molar-refractivity contribution is 9.10. The molecule has 1 aliphatic carbocycles. The molecule has 2 aromatic rings. The number of rotatable bonds is 11. The lowest BCUT2D eigenvalue weighted by atomic mass is 10.0. The predicted octanol–water partition coefficient (Wildman–Crippen LogP) is 5.70. The fourth-order valence-corrected chi connectivity index (χ4v) is 4.54. The van der Waals surface area contributed by atoms with Gasteiger partial charge in [0.25, 0.3) is 5.91 Å². The number of hydrogen-bond donors (Lipinski definition) is 3. The van der Waals surface area contributed by atoms with Crippen molar-refractivity contribution >= 4 is 62.4 Å².